The lowest BCUT2D eigenvalue weighted by atomic mass is 10.2. The van der Waals surface area contributed by atoms with Gasteiger partial charge in [0.15, 0.2) is 0 Å². The van der Waals surface area contributed by atoms with E-state index in [0.717, 1.165) is 55.9 Å². The van der Waals surface area contributed by atoms with Crippen molar-refractivity contribution >= 4 is 16.0 Å². The van der Waals surface area contributed by atoms with Crippen molar-refractivity contribution in [1.82, 2.24) is 14.7 Å². The molecule has 0 spiro atoms. The zero-order valence-electron chi connectivity index (χ0n) is 14.6. The predicted molar refractivity (Wildman–Crippen MR) is 93.7 cm³/mol. The third-order valence-corrected chi connectivity index (χ3v) is 5.64. The van der Waals surface area contributed by atoms with Crippen molar-refractivity contribution in [3.63, 3.8) is 0 Å². The minimum absolute atomic E-state index is 0.0758. The SMILES string of the molecule is Cc1cc(CNS(=O)(=O)c2ccc(C(F)(F)F)cc2)nc(N2CCCC2)n1. The molecule has 0 aliphatic carbocycles. The molecular weight excluding hydrogens is 381 g/mol. The monoisotopic (exact) mass is 400 g/mol. The quantitative estimate of drug-likeness (QED) is 0.835. The number of aromatic nitrogens is 2. The van der Waals surface area contributed by atoms with Crippen LogP contribution in [-0.2, 0) is 22.7 Å². The minimum atomic E-state index is -4.51. The fraction of sp³-hybridized carbons (Fsp3) is 0.412. The Labute approximate surface area is 155 Å². The molecule has 146 valence electrons. The molecule has 1 N–H and O–H groups in total. The van der Waals surface area contributed by atoms with Gasteiger partial charge in [-0.25, -0.2) is 23.1 Å². The second kappa shape index (κ2) is 7.43. The number of anilines is 1. The number of nitrogens with zero attached hydrogens (tertiary/aromatic N) is 3. The van der Waals surface area contributed by atoms with Gasteiger partial charge in [-0.2, -0.15) is 13.2 Å². The number of hydrogen-bond acceptors (Lipinski definition) is 5. The summed E-state index contributed by atoms with van der Waals surface area (Å²) >= 11 is 0. The molecule has 0 amide bonds. The Balaban J connectivity index is 1.73. The van der Waals surface area contributed by atoms with E-state index in [9.17, 15) is 21.6 Å². The predicted octanol–water partition coefficient (Wildman–Crippen LogP) is 2.88. The normalized spacial score (nSPS) is 15.3. The highest BCUT2D eigenvalue weighted by atomic mass is 32.2. The lowest BCUT2D eigenvalue weighted by Crippen LogP contribution is -2.25. The molecule has 2 aromatic rings. The van der Waals surface area contributed by atoms with Gasteiger partial charge in [0.05, 0.1) is 22.7 Å². The standard InChI is InChI=1S/C17H19F3N4O2S/c1-12-10-14(23-16(22-12)24-8-2-3-9-24)11-21-27(25,26)15-6-4-13(5-7-15)17(18,19)20/h4-7,10,21H,2-3,8-9,11H2,1H3. The van der Waals surface area contributed by atoms with Crippen LogP contribution in [0.5, 0.6) is 0 Å². The zero-order chi connectivity index (χ0) is 19.7. The Bertz CT molecular complexity index is 909. The molecule has 0 unspecified atom stereocenters. The first-order valence-corrected chi connectivity index (χ1v) is 9.90. The van der Waals surface area contributed by atoms with Gasteiger partial charge in [-0.1, -0.05) is 0 Å². The number of halogens is 3. The Morgan fingerprint density at radius 2 is 1.74 bits per heavy atom. The summed E-state index contributed by atoms with van der Waals surface area (Å²) in [4.78, 5) is 10.6. The number of benzene rings is 1. The van der Waals surface area contributed by atoms with Gasteiger partial charge in [0.25, 0.3) is 0 Å². The highest BCUT2D eigenvalue weighted by Crippen LogP contribution is 2.29. The second-order valence-corrected chi connectivity index (χ2v) is 8.11. The molecule has 0 atom stereocenters. The van der Waals surface area contributed by atoms with E-state index in [1.807, 2.05) is 4.90 Å². The van der Waals surface area contributed by atoms with Crippen LogP contribution in [0.4, 0.5) is 19.1 Å². The van der Waals surface area contributed by atoms with Gasteiger partial charge < -0.3 is 4.90 Å². The van der Waals surface area contributed by atoms with E-state index in [4.69, 9.17) is 0 Å². The molecule has 0 saturated carbocycles. The highest BCUT2D eigenvalue weighted by molar-refractivity contribution is 7.89. The lowest BCUT2D eigenvalue weighted by Gasteiger charge is -2.16. The Hall–Kier alpha value is -2.20. The summed E-state index contributed by atoms with van der Waals surface area (Å²) < 4.78 is 64.9. The van der Waals surface area contributed by atoms with Crippen molar-refractivity contribution in [2.45, 2.75) is 37.4 Å². The van der Waals surface area contributed by atoms with Crippen LogP contribution < -0.4 is 9.62 Å². The van der Waals surface area contributed by atoms with Gasteiger partial charge in [0.2, 0.25) is 16.0 Å². The number of hydrogen-bond donors (Lipinski definition) is 1. The van der Waals surface area contributed by atoms with Gasteiger partial charge in [-0.05, 0) is 50.1 Å². The van der Waals surface area contributed by atoms with E-state index >= 15 is 0 Å². The van der Waals surface area contributed by atoms with Gasteiger partial charge in [0, 0.05) is 18.8 Å². The van der Waals surface area contributed by atoms with Crippen molar-refractivity contribution in [3.05, 3.63) is 47.3 Å². The van der Waals surface area contributed by atoms with Crippen molar-refractivity contribution < 1.29 is 21.6 Å². The van der Waals surface area contributed by atoms with Crippen molar-refractivity contribution in [3.8, 4) is 0 Å². The van der Waals surface area contributed by atoms with E-state index in [-0.39, 0.29) is 11.4 Å². The fourth-order valence-corrected chi connectivity index (χ4v) is 3.84. The average Bonchev–Trinajstić information content (AvgIpc) is 3.14. The van der Waals surface area contributed by atoms with E-state index in [1.54, 1.807) is 13.0 Å². The third-order valence-electron chi connectivity index (χ3n) is 4.22. The van der Waals surface area contributed by atoms with E-state index in [0.29, 0.717) is 11.6 Å². The molecular formula is C17H19F3N4O2S. The number of alkyl halides is 3. The Morgan fingerprint density at radius 3 is 2.33 bits per heavy atom. The number of rotatable bonds is 5. The summed E-state index contributed by atoms with van der Waals surface area (Å²) in [6.45, 7) is 3.45. The average molecular weight is 400 g/mol. The maximum Gasteiger partial charge on any atom is 0.416 e. The van der Waals surface area contributed by atoms with Gasteiger partial charge in [0.1, 0.15) is 0 Å². The molecule has 2 heterocycles. The first kappa shape index (κ1) is 19.6. The van der Waals surface area contributed by atoms with Gasteiger partial charge in [-0.3, -0.25) is 0 Å². The number of sulfonamides is 1. The molecule has 1 aromatic heterocycles. The van der Waals surface area contributed by atoms with Crippen molar-refractivity contribution in [2.24, 2.45) is 0 Å². The largest absolute Gasteiger partial charge is 0.416 e. The topological polar surface area (TPSA) is 75.2 Å². The van der Waals surface area contributed by atoms with Crippen molar-refractivity contribution in [1.29, 1.82) is 0 Å². The van der Waals surface area contributed by atoms with Crippen LogP contribution in [0.25, 0.3) is 0 Å². The van der Waals surface area contributed by atoms with Crippen LogP contribution in [0.2, 0.25) is 0 Å². The molecule has 1 aromatic carbocycles. The Kier molecular flexibility index (Phi) is 5.38. The van der Waals surface area contributed by atoms with Crippen molar-refractivity contribution in [2.75, 3.05) is 18.0 Å². The highest BCUT2D eigenvalue weighted by Gasteiger charge is 2.30. The van der Waals surface area contributed by atoms with Gasteiger partial charge in [-0.15, -0.1) is 0 Å². The molecule has 0 radical (unpaired) electrons. The summed E-state index contributed by atoms with van der Waals surface area (Å²) in [5, 5.41) is 0. The number of nitrogens with one attached hydrogen (secondary N) is 1. The molecule has 1 aliphatic heterocycles. The summed E-state index contributed by atoms with van der Waals surface area (Å²) in [5.41, 5.74) is 0.318. The van der Waals surface area contributed by atoms with Crippen LogP contribution in [0.1, 0.15) is 29.8 Å². The second-order valence-electron chi connectivity index (χ2n) is 6.34. The third kappa shape index (κ3) is 4.75. The fourth-order valence-electron chi connectivity index (χ4n) is 2.84. The van der Waals surface area contributed by atoms with Crippen LogP contribution in [-0.4, -0.2) is 31.5 Å². The van der Waals surface area contributed by atoms with Crippen LogP contribution >= 0.6 is 0 Å². The van der Waals surface area contributed by atoms with Gasteiger partial charge >= 0.3 is 6.18 Å². The maximum absolute atomic E-state index is 12.6. The number of aryl methyl sites for hydroxylation is 1. The maximum atomic E-state index is 12.6. The zero-order valence-corrected chi connectivity index (χ0v) is 15.4. The summed E-state index contributed by atoms with van der Waals surface area (Å²) in [6, 6.07) is 5.04. The first-order chi connectivity index (χ1) is 12.6. The molecule has 1 saturated heterocycles. The van der Waals surface area contributed by atoms with Crippen LogP contribution in [0.3, 0.4) is 0 Å². The molecule has 27 heavy (non-hydrogen) atoms. The molecule has 1 aliphatic rings. The molecule has 10 heteroatoms. The lowest BCUT2D eigenvalue weighted by molar-refractivity contribution is -0.137. The van der Waals surface area contributed by atoms with E-state index in [2.05, 4.69) is 14.7 Å². The molecule has 6 nitrogen and oxygen atoms in total. The summed E-state index contributed by atoms with van der Waals surface area (Å²) in [5.74, 6) is 0.566. The smallest absolute Gasteiger partial charge is 0.341 e. The molecule has 3 rings (SSSR count). The summed E-state index contributed by atoms with van der Waals surface area (Å²) in [6.07, 6.45) is -2.39. The van der Waals surface area contributed by atoms with E-state index in [1.165, 1.54) is 0 Å². The minimum Gasteiger partial charge on any atom is -0.341 e. The molecule has 1 fully saturated rings. The molecule has 0 bridgehead atoms. The van der Waals surface area contributed by atoms with Crippen LogP contribution in [0, 0.1) is 6.92 Å². The Morgan fingerprint density at radius 1 is 1.11 bits per heavy atom. The summed E-state index contributed by atoms with van der Waals surface area (Å²) in [7, 11) is -3.96. The van der Waals surface area contributed by atoms with E-state index < -0.39 is 21.8 Å². The first-order valence-electron chi connectivity index (χ1n) is 8.41. The van der Waals surface area contributed by atoms with Crippen LogP contribution in [0.15, 0.2) is 35.2 Å².